The Labute approximate surface area is 128 Å². The lowest BCUT2D eigenvalue weighted by Crippen LogP contribution is -2.35. The first-order chi connectivity index (χ1) is 9.99. The number of aryl methyl sites for hydroxylation is 2. The van der Waals surface area contributed by atoms with Gasteiger partial charge in [-0.1, -0.05) is 12.8 Å². The molecule has 0 bridgehead atoms. The number of rotatable bonds is 3. The van der Waals surface area contributed by atoms with Crippen molar-refractivity contribution in [1.82, 2.24) is 0 Å². The third-order valence-corrected chi connectivity index (χ3v) is 5.46. The maximum atomic E-state index is 12.0. The minimum atomic E-state index is -0.225. The Morgan fingerprint density at radius 1 is 1.33 bits per heavy atom. The van der Waals surface area contributed by atoms with Crippen LogP contribution < -0.4 is 9.80 Å². The van der Waals surface area contributed by atoms with E-state index in [0.717, 1.165) is 23.9 Å². The van der Waals surface area contributed by atoms with Gasteiger partial charge in [0.05, 0.1) is 18.3 Å². The van der Waals surface area contributed by atoms with Crippen molar-refractivity contribution >= 4 is 33.8 Å². The molecule has 1 aromatic rings. The molecular weight excluding hydrogens is 284 g/mol. The van der Waals surface area contributed by atoms with Gasteiger partial charge >= 0.3 is 6.09 Å². The summed E-state index contributed by atoms with van der Waals surface area (Å²) < 4.78 is 5.35. The molecule has 0 unspecified atom stereocenters. The van der Waals surface area contributed by atoms with Crippen LogP contribution in [0.2, 0.25) is 0 Å². The lowest BCUT2D eigenvalue weighted by Gasteiger charge is -2.38. The first-order valence-electron chi connectivity index (χ1n) is 7.31. The van der Waals surface area contributed by atoms with Crippen molar-refractivity contribution in [3.63, 3.8) is 0 Å². The van der Waals surface area contributed by atoms with E-state index in [-0.39, 0.29) is 22.7 Å². The number of ether oxygens (including phenoxy) is 1. The van der Waals surface area contributed by atoms with E-state index in [1.54, 1.807) is 4.90 Å². The summed E-state index contributed by atoms with van der Waals surface area (Å²) in [5.41, 5.74) is 4.68. The molecule has 0 spiro atoms. The summed E-state index contributed by atoms with van der Waals surface area (Å²) in [6, 6.07) is 4.20. The highest BCUT2D eigenvalue weighted by Crippen LogP contribution is 2.38. The SMILES string of the molecule is C=S1CN(c2c(C)cc(N3C[C@H](CC)OC3=O)cc2C)C1. The molecule has 0 N–H and O–H groups in total. The Hall–Kier alpha value is -1.49. The predicted octanol–water partition coefficient (Wildman–Crippen LogP) is 3.47. The second kappa shape index (κ2) is 5.37. The van der Waals surface area contributed by atoms with E-state index in [1.807, 2.05) is 6.92 Å². The minimum Gasteiger partial charge on any atom is -0.444 e. The van der Waals surface area contributed by atoms with E-state index >= 15 is 0 Å². The highest BCUT2D eigenvalue weighted by molar-refractivity contribution is 8.15. The fourth-order valence-electron chi connectivity index (χ4n) is 3.06. The topological polar surface area (TPSA) is 32.8 Å². The molecule has 0 aliphatic carbocycles. The Morgan fingerprint density at radius 2 is 1.95 bits per heavy atom. The van der Waals surface area contributed by atoms with Crippen molar-refractivity contribution in [1.29, 1.82) is 0 Å². The third-order valence-electron chi connectivity index (χ3n) is 4.11. The summed E-state index contributed by atoms with van der Waals surface area (Å²) in [5, 5.41) is 0. The van der Waals surface area contributed by atoms with Crippen LogP contribution >= 0.6 is 10.5 Å². The maximum absolute atomic E-state index is 12.0. The molecule has 21 heavy (non-hydrogen) atoms. The van der Waals surface area contributed by atoms with E-state index in [4.69, 9.17) is 4.74 Å². The molecule has 0 saturated carbocycles. The monoisotopic (exact) mass is 306 g/mol. The van der Waals surface area contributed by atoms with Crippen molar-refractivity contribution in [2.45, 2.75) is 33.3 Å². The molecule has 1 atom stereocenters. The molecule has 1 amide bonds. The standard InChI is InChI=1S/C16H22N2O2S/c1-5-14-8-18(16(19)20-14)13-6-11(2)15(12(3)7-13)17-9-21(4)10-17/h6-7,14H,4-5,8-10H2,1-3H3/t14-/m0/s1. The Morgan fingerprint density at radius 3 is 2.43 bits per heavy atom. The van der Waals surface area contributed by atoms with Gasteiger partial charge in [-0.05, 0) is 43.5 Å². The molecule has 0 aromatic heterocycles. The zero-order valence-corrected chi connectivity index (χ0v) is 13.7. The van der Waals surface area contributed by atoms with E-state index < -0.39 is 0 Å². The zero-order valence-electron chi connectivity index (χ0n) is 12.9. The van der Waals surface area contributed by atoms with Crippen molar-refractivity contribution in [3.05, 3.63) is 23.3 Å². The molecule has 1 aromatic carbocycles. The van der Waals surface area contributed by atoms with E-state index in [1.165, 1.54) is 16.8 Å². The smallest absolute Gasteiger partial charge is 0.414 e. The van der Waals surface area contributed by atoms with Crippen LogP contribution in [0.15, 0.2) is 12.1 Å². The molecule has 2 heterocycles. The van der Waals surface area contributed by atoms with E-state index in [2.05, 4.69) is 36.8 Å². The van der Waals surface area contributed by atoms with Gasteiger partial charge in [-0.15, -0.1) is 0 Å². The molecular formula is C16H22N2O2S. The second-order valence-corrected chi connectivity index (χ2v) is 7.60. The minimum absolute atomic E-state index is 0.0151. The number of nitrogens with zero attached hydrogens (tertiary/aromatic N) is 2. The van der Waals surface area contributed by atoms with Crippen molar-refractivity contribution in [3.8, 4) is 0 Å². The van der Waals surface area contributed by atoms with Gasteiger partial charge in [-0.25, -0.2) is 4.79 Å². The first-order valence-corrected chi connectivity index (χ1v) is 9.04. The Bertz CT molecular complexity index is 583. The fraction of sp³-hybridized carbons (Fsp3) is 0.500. The number of carbonyl (C=O) groups excluding carboxylic acids is 1. The molecule has 2 fully saturated rings. The van der Waals surface area contributed by atoms with Gasteiger partial charge in [0.25, 0.3) is 0 Å². The molecule has 0 radical (unpaired) electrons. The van der Waals surface area contributed by atoms with Crippen LogP contribution in [0.25, 0.3) is 0 Å². The summed E-state index contributed by atoms with van der Waals surface area (Å²) >= 11 is 0. The van der Waals surface area contributed by atoms with Crippen LogP contribution in [-0.2, 0) is 4.74 Å². The van der Waals surface area contributed by atoms with E-state index in [9.17, 15) is 4.79 Å². The number of anilines is 2. The van der Waals surface area contributed by atoms with E-state index in [0.29, 0.717) is 6.54 Å². The number of cyclic esters (lactones) is 1. The lowest BCUT2D eigenvalue weighted by molar-refractivity contribution is 0.139. The average molecular weight is 306 g/mol. The number of benzene rings is 1. The summed E-state index contributed by atoms with van der Waals surface area (Å²) in [6.07, 6.45) is 0.649. The number of hydrogen-bond acceptors (Lipinski definition) is 3. The van der Waals surface area contributed by atoms with Gasteiger partial charge in [0.2, 0.25) is 0 Å². The number of amides is 1. The van der Waals surface area contributed by atoms with Crippen LogP contribution in [0.5, 0.6) is 0 Å². The summed E-state index contributed by atoms with van der Waals surface area (Å²) in [4.78, 5) is 16.1. The molecule has 2 aliphatic rings. The second-order valence-electron chi connectivity index (χ2n) is 5.86. The molecule has 2 aliphatic heterocycles. The zero-order chi connectivity index (χ0) is 15.1. The van der Waals surface area contributed by atoms with Crippen molar-refractivity contribution < 1.29 is 9.53 Å². The summed E-state index contributed by atoms with van der Waals surface area (Å²) in [6.45, 7) is 6.93. The van der Waals surface area contributed by atoms with Gasteiger partial charge in [0.1, 0.15) is 6.10 Å². The highest BCUT2D eigenvalue weighted by atomic mass is 32.2. The van der Waals surface area contributed by atoms with Crippen molar-refractivity contribution in [2.75, 3.05) is 28.1 Å². The fourth-order valence-corrected chi connectivity index (χ4v) is 4.13. The lowest BCUT2D eigenvalue weighted by atomic mass is 10.1. The van der Waals surface area contributed by atoms with Gasteiger partial charge in [-0.3, -0.25) is 4.90 Å². The first kappa shape index (κ1) is 14.4. The largest absolute Gasteiger partial charge is 0.444 e. The normalized spacial score (nSPS) is 22.4. The quantitative estimate of drug-likeness (QED) is 0.802. The van der Waals surface area contributed by atoms with Crippen molar-refractivity contribution in [2.24, 2.45) is 0 Å². The number of hydrogen-bond donors (Lipinski definition) is 0. The van der Waals surface area contributed by atoms with Crippen LogP contribution in [0.1, 0.15) is 24.5 Å². The Balaban J connectivity index is 1.88. The van der Waals surface area contributed by atoms with Gasteiger partial charge in [0.15, 0.2) is 0 Å². The van der Waals surface area contributed by atoms with Gasteiger partial charge < -0.3 is 9.64 Å². The molecule has 2 saturated heterocycles. The third kappa shape index (κ3) is 2.55. The van der Waals surface area contributed by atoms with Crippen LogP contribution in [0.4, 0.5) is 16.2 Å². The van der Waals surface area contributed by atoms with Gasteiger partial charge in [-0.2, -0.15) is 10.5 Å². The maximum Gasteiger partial charge on any atom is 0.414 e. The van der Waals surface area contributed by atoms with Crippen LogP contribution in [0, 0.1) is 13.8 Å². The van der Waals surface area contributed by atoms with Gasteiger partial charge in [0, 0.05) is 11.4 Å². The van der Waals surface area contributed by atoms with Crippen LogP contribution in [0.3, 0.4) is 0 Å². The number of carbonyl (C=O) groups is 1. The average Bonchev–Trinajstić information content (AvgIpc) is 2.77. The molecule has 114 valence electrons. The molecule has 4 nitrogen and oxygen atoms in total. The highest BCUT2D eigenvalue weighted by Gasteiger charge is 2.32. The molecule has 5 heteroatoms. The summed E-state index contributed by atoms with van der Waals surface area (Å²) in [5.74, 6) is 6.20. The van der Waals surface area contributed by atoms with Crippen LogP contribution in [-0.4, -0.2) is 36.4 Å². The Kier molecular flexibility index (Phi) is 3.69. The predicted molar refractivity (Wildman–Crippen MR) is 90.7 cm³/mol. The summed E-state index contributed by atoms with van der Waals surface area (Å²) in [7, 11) is 0.283. The molecule has 3 rings (SSSR count).